The largest absolute Gasteiger partial charge is 0.466 e. The number of carbonyl (C=O) groups excluding carboxylic acids is 2. The minimum Gasteiger partial charge on any atom is -0.466 e. The lowest BCUT2D eigenvalue weighted by molar-refractivity contribution is -0.148. The first-order valence-corrected chi connectivity index (χ1v) is 12.4. The van der Waals surface area contributed by atoms with Crippen LogP contribution in [0.25, 0.3) is 0 Å². The Morgan fingerprint density at radius 3 is 2.06 bits per heavy atom. The van der Waals surface area contributed by atoms with Crippen LogP contribution in [0.2, 0.25) is 0 Å². The SMILES string of the molecule is CCOC(=O)CC(N)C(C(=O)OCc1ccccc1)c1ccc(OS(=O)(=O)c2ccccc2)cc1. The molecule has 9 heteroatoms. The quantitative estimate of drug-likeness (QED) is 0.315. The van der Waals surface area contributed by atoms with Gasteiger partial charge in [0.05, 0.1) is 18.9 Å². The third kappa shape index (κ3) is 7.40. The smallest absolute Gasteiger partial charge is 0.339 e. The lowest BCUT2D eigenvalue weighted by Gasteiger charge is -2.22. The normalized spacial score (nSPS) is 12.9. The van der Waals surface area contributed by atoms with Crippen LogP contribution >= 0.6 is 0 Å². The summed E-state index contributed by atoms with van der Waals surface area (Å²) < 4.78 is 40.6. The molecule has 3 aromatic rings. The molecule has 0 amide bonds. The fourth-order valence-electron chi connectivity index (χ4n) is 3.40. The van der Waals surface area contributed by atoms with Gasteiger partial charge in [-0.3, -0.25) is 9.59 Å². The van der Waals surface area contributed by atoms with Crippen molar-refractivity contribution in [2.75, 3.05) is 6.61 Å². The van der Waals surface area contributed by atoms with Crippen LogP contribution < -0.4 is 9.92 Å². The number of rotatable bonds is 11. The number of hydrogen-bond acceptors (Lipinski definition) is 8. The Balaban J connectivity index is 1.79. The van der Waals surface area contributed by atoms with E-state index in [1.807, 2.05) is 30.3 Å². The third-order valence-electron chi connectivity index (χ3n) is 5.09. The first-order chi connectivity index (χ1) is 16.8. The van der Waals surface area contributed by atoms with Gasteiger partial charge in [0.15, 0.2) is 0 Å². The molecule has 0 radical (unpaired) electrons. The lowest BCUT2D eigenvalue weighted by Crippen LogP contribution is -2.37. The molecule has 0 heterocycles. The van der Waals surface area contributed by atoms with E-state index in [0.717, 1.165) is 5.56 Å². The van der Waals surface area contributed by atoms with Gasteiger partial charge in [-0.25, -0.2) is 0 Å². The first kappa shape index (κ1) is 25.9. The molecule has 0 aliphatic heterocycles. The van der Waals surface area contributed by atoms with Crippen molar-refractivity contribution in [2.45, 2.75) is 36.8 Å². The van der Waals surface area contributed by atoms with E-state index in [9.17, 15) is 18.0 Å². The zero-order valence-corrected chi connectivity index (χ0v) is 20.0. The summed E-state index contributed by atoms with van der Waals surface area (Å²) in [6, 6.07) is 21.9. The van der Waals surface area contributed by atoms with E-state index in [-0.39, 0.29) is 30.3 Å². The molecule has 3 rings (SSSR count). The standard InChI is InChI=1S/C26H27NO7S/c1-2-32-24(28)17-23(27)25(26(29)33-18-19-9-5-3-6-10-19)20-13-15-21(16-14-20)34-35(30,31)22-11-7-4-8-12-22/h3-16,23,25H,2,17-18,27H2,1H3. The average molecular weight is 498 g/mol. The molecule has 0 spiro atoms. The monoisotopic (exact) mass is 497 g/mol. The number of carbonyl (C=O) groups is 2. The van der Waals surface area contributed by atoms with Gasteiger partial charge in [-0.15, -0.1) is 0 Å². The zero-order chi connectivity index (χ0) is 25.3. The van der Waals surface area contributed by atoms with E-state index >= 15 is 0 Å². The highest BCUT2D eigenvalue weighted by Crippen LogP contribution is 2.27. The van der Waals surface area contributed by atoms with Crippen LogP contribution in [0.15, 0.2) is 89.8 Å². The highest BCUT2D eigenvalue weighted by Gasteiger charge is 2.31. The third-order valence-corrected chi connectivity index (χ3v) is 6.35. The van der Waals surface area contributed by atoms with Crippen LogP contribution in [0.5, 0.6) is 5.75 Å². The van der Waals surface area contributed by atoms with Crippen LogP contribution in [0.3, 0.4) is 0 Å². The van der Waals surface area contributed by atoms with Gasteiger partial charge < -0.3 is 19.4 Å². The minimum atomic E-state index is -4.02. The van der Waals surface area contributed by atoms with Crippen molar-refractivity contribution in [2.24, 2.45) is 5.73 Å². The Bertz CT molecular complexity index is 1210. The van der Waals surface area contributed by atoms with Gasteiger partial charge in [0.1, 0.15) is 17.3 Å². The first-order valence-electron chi connectivity index (χ1n) is 11.0. The lowest BCUT2D eigenvalue weighted by atomic mass is 9.90. The van der Waals surface area contributed by atoms with Crippen molar-refractivity contribution >= 4 is 22.1 Å². The Kier molecular flexibility index (Phi) is 8.99. The maximum atomic E-state index is 13.0. The maximum Gasteiger partial charge on any atom is 0.339 e. The van der Waals surface area contributed by atoms with Crippen LogP contribution in [-0.4, -0.2) is 33.0 Å². The Labute approximate surface area is 204 Å². The van der Waals surface area contributed by atoms with Gasteiger partial charge in [-0.2, -0.15) is 8.42 Å². The van der Waals surface area contributed by atoms with Gasteiger partial charge in [-0.05, 0) is 42.3 Å². The molecule has 8 nitrogen and oxygen atoms in total. The van der Waals surface area contributed by atoms with Gasteiger partial charge >= 0.3 is 22.1 Å². The molecule has 2 N–H and O–H groups in total. The number of esters is 2. The molecule has 2 unspecified atom stereocenters. The second-order valence-electron chi connectivity index (χ2n) is 7.66. The summed E-state index contributed by atoms with van der Waals surface area (Å²) in [5.74, 6) is -2.07. The van der Waals surface area contributed by atoms with Crippen molar-refractivity contribution in [3.8, 4) is 5.75 Å². The van der Waals surface area contributed by atoms with Crippen molar-refractivity contribution < 1.29 is 31.7 Å². The summed E-state index contributed by atoms with van der Waals surface area (Å²) in [5, 5.41) is 0. The fourth-order valence-corrected chi connectivity index (χ4v) is 4.35. The topological polar surface area (TPSA) is 122 Å². The van der Waals surface area contributed by atoms with Crippen LogP contribution in [-0.2, 0) is 35.8 Å². The molecule has 3 aromatic carbocycles. The van der Waals surface area contributed by atoms with E-state index in [1.54, 1.807) is 25.1 Å². The maximum absolute atomic E-state index is 13.0. The summed E-state index contributed by atoms with van der Waals surface area (Å²) >= 11 is 0. The predicted octanol–water partition coefficient (Wildman–Crippen LogP) is 3.56. The van der Waals surface area contributed by atoms with E-state index in [0.29, 0.717) is 5.56 Å². The van der Waals surface area contributed by atoms with E-state index < -0.39 is 34.0 Å². The highest BCUT2D eigenvalue weighted by atomic mass is 32.2. The average Bonchev–Trinajstić information content (AvgIpc) is 2.85. The number of nitrogens with two attached hydrogens (primary N) is 1. The van der Waals surface area contributed by atoms with Crippen molar-refractivity contribution in [3.63, 3.8) is 0 Å². The summed E-state index contributed by atoms with van der Waals surface area (Å²) in [6.45, 7) is 1.91. The fraction of sp³-hybridized carbons (Fsp3) is 0.231. The van der Waals surface area contributed by atoms with Gasteiger partial charge in [0.25, 0.3) is 0 Å². The Morgan fingerprint density at radius 2 is 1.46 bits per heavy atom. The van der Waals surface area contributed by atoms with Gasteiger partial charge in [0.2, 0.25) is 0 Å². The molecule has 0 aromatic heterocycles. The summed E-state index contributed by atoms with van der Waals surface area (Å²) in [5.41, 5.74) is 7.49. The zero-order valence-electron chi connectivity index (χ0n) is 19.2. The predicted molar refractivity (Wildman–Crippen MR) is 129 cm³/mol. The number of ether oxygens (including phenoxy) is 2. The second-order valence-corrected chi connectivity index (χ2v) is 9.21. The molecule has 0 fully saturated rings. The minimum absolute atomic E-state index is 0.0166. The van der Waals surface area contributed by atoms with E-state index in [4.69, 9.17) is 19.4 Å². The molecule has 0 saturated heterocycles. The molecular weight excluding hydrogens is 470 g/mol. The molecule has 0 saturated carbocycles. The van der Waals surface area contributed by atoms with Gasteiger partial charge in [0, 0.05) is 6.04 Å². The molecular formula is C26H27NO7S. The summed E-state index contributed by atoms with van der Waals surface area (Å²) in [7, 11) is -4.02. The summed E-state index contributed by atoms with van der Waals surface area (Å²) in [6.07, 6.45) is -0.195. The molecule has 184 valence electrons. The van der Waals surface area contributed by atoms with E-state index in [1.165, 1.54) is 36.4 Å². The molecule has 2 atom stereocenters. The molecule has 0 aliphatic rings. The van der Waals surface area contributed by atoms with Crippen molar-refractivity contribution in [1.82, 2.24) is 0 Å². The van der Waals surface area contributed by atoms with Crippen molar-refractivity contribution in [3.05, 3.63) is 96.1 Å². The molecule has 0 aliphatic carbocycles. The van der Waals surface area contributed by atoms with Crippen LogP contribution in [0.4, 0.5) is 0 Å². The Hall–Kier alpha value is -3.69. The van der Waals surface area contributed by atoms with Crippen LogP contribution in [0.1, 0.15) is 30.4 Å². The highest BCUT2D eigenvalue weighted by molar-refractivity contribution is 7.87. The molecule has 35 heavy (non-hydrogen) atoms. The number of hydrogen-bond donors (Lipinski definition) is 1. The second kappa shape index (κ2) is 12.1. The Morgan fingerprint density at radius 1 is 0.857 bits per heavy atom. The van der Waals surface area contributed by atoms with Crippen LogP contribution in [0, 0.1) is 0 Å². The summed E-state index contributed by atoms with van der Waals surface area (Å²) in [4.78, 5) is 25.0. The number of benzene rings is 3. The molecule has 0 bridgehead atoms. The van der Waals surface area contributed by atoms with Crippen molar-refractivity contribution in [1.29, 1.82) is 0 Å². The van der Waals surface area contributed by atoms with E-state index in [2.05, 4.69) is 0 Å². The van der Waals surface area contributed by atoms with Gasteiger partial charge in [-0.1, -0.05) is 60.7 Å².